The Kier molecular flexibility index (Phi) is 6.77. The first-order valence-corrected chi connectivity index (χ1v) is 9.61. The van der Waals surface area contributed by atoms with E-state index < -0.39 is 0 Å². The van der Waals surface area contributed by atoms with Gasteiger partial charge in [-0.25, -0.2) is 4.98 Å². The molecular weight excluding hydrogens is 401 g/mol. The Labute approximate surface area is 174 Å². The maximum Gasteiger partial charge on any atom is 0.231 e. The Morgan fingerprint density at radius 1 is 1.32 bits per heavy atom. The molecule has 0 radical (unpaired) electrons. The molecule has 0 saturated carbocycles. The molecule has 1 aliphatic heterocycles. The molecule has 2 aromatic rings. The van der Waals surface area contributed by atoms with Crippen molar-refractivity contribution in [3.8, 4) is 5.75 Å². The molecule has 1 aromatic heterocycles. The molecule has 0 amide bonds. The van der Waals surface area contributed by atoms with Gasteiger partial charge < -0.3 is 20.3 Å². The van der Waals surface area contributed by atoms with Crippen LogP contribution in [0.15, 0.2) is 24.4 Å². The molecule has 1 saturated heterocycles. The van der Waals surface area contributed by atoms with Crippen LogP contribution in [0.4, 0.5) is 17.5 Å². The molecule has 8 nitrogen and oxygen atoms in total. The molecule has 0 spiro atoms. The molecule has 3 rings (SSSR count). The Morgan fingerprint density at radius 2 is 2.14 bits per heavy atom. The maximum atomic E-state index is 8.08. The smallest absolute Gasteiger partial charge is 0.231 e. The molecule has 1 unspecified atom stereocenters. The fourth-order valence-corrected chi connectivity index (χ4v) is 3.30. The van der Waals surface area contributed by atoms with Gasteiger partial charge >= 0.3 is 0 Å². The van der Waals surface area contributed by atoms with Crippen LogP contribution in [0.3, 0.4) is 0 Å². The average Bonchev–Trinajstić information content (AvgIpc) is 3.08. The van der Waals surface area contributed by atoms with Crippen molar-refractivity contribution in [1.82, 2.24) is 14.9 Å². The van der Waals surface area contributed by atoms with E-state index in [-0.39, 0.29) is 11.9 Å². The summed E-state index contributed by atoms with van der Waals surface area (Å²) in [7, 11) is 3.70. The summed E-state index contributed by atoms with van der Waals surface area (Å²) in [4.78, 5) is 10.9. The number of halogens is 2. The van der Waals surface area contributed by atoms with Gasteiger partial charge in [-0.2, -0.15) is 4.98 Å². The number of benzene rings is 1. The third-order valence-electron chi connectivity index (χ3n) is 4.45. The number of guanidine groups is 1. The second-order valence-electron chi connectivity index (χ2n) is 6.66. The molecule has 1 aromatic carbocycles. The van der Waals surface area contributed by atoms with Gasteiger partial charge in [0.05, 0.1) is 23.4 Å². The second-order valence-corrected chi connectivity index (χ2v) is 7.48. The van der Waals surface area contributed by atoms with Crippen LogP contribution in [-0.4, -0.2) is 54.6 Å². The van der Waals surface area contributed by atoms with Gasteiger partial charge in [0.1, 0.15) is 0 Å². The number of hydrogen-bond acceptors (Lipinski definition) is 6. The lowest BCUT2D eigenvalue weighted by Crippen LogP contribution is -2.23. The highest BCUT2D eigenvalue weighted by Gasteiger charge is 2.20. The predicted octanol–water partition coefficient (Wildman–Crippen LogP) is 3.61. The van der Waals surface area contributed by atoms with Crippen LogP contribution < -0.4 is 20.7 Å². The first kappa shape index (κ1) is 20.4. The minimum atomic E-state index is 0.00641. The van der Waals surface area contributed by atoms with E-state index >= 15 is 0 Å². The van der Waals surface area contributed by atoms with E-state index in [1.807, 2.05) is 0 Å². The molecule has 28 heavy (non-hydrogen) atoms. The largest absolute Gasteiger partial charge is 0.491 e. The molecule has 10 heteroatoms. The number of rotatable bonds is 6. The van der Waals surface area contributed by atoms with Crippen LogP contribution in [0.25, 0.3) is 0 Å². The number of likely N-dealkylation sites (tertiary alicyclic amines) is 1. The third-order valence-corrected chi connectivity index (χ3v) is 5.19. The lowest BCUT2D eigenvalue weighted by Gasteiger charge is -2.15. The third kappa shape index (κ3) is 5.37. The number of ether oxygens (including phenoxy) is 1. The van der Waals surface area contributed by atoms with Crippen LogP contribution in [0, 0.1) is 11.3 Å². The molecule has 1 fully saturated rings. The van der Waals surface area contributed by atoms with Crippen LogP contribution in [0.5, 0.6) is 5.75 Å². The van der Waals surface area contributed by atoms with E-state index in [1.165, 1.54) is 0 Å². The van der Waals surface area contributed by atoms with Crippen LogP contribution in [0.2, 0.25) is 10.0 Å². The highest BCUT2D eigenvalue weighted by Crippen LogP contribution is 2.26. The molecule has 0 aliphatic carbocycles. The molecule has 2 heterocycles. The van der Waals surface area contributed by atoms with E-state index in [9.17, 15) is 0 Å². The minimum Gasteiger partial charge on any atom is -0.491 e. The fraction of sp³-hybridized carbons (Fsp3) is 0.389. The minimum absolute atomic E-state index is 0.00641. The summed E-state index contributed by atoms with van der Waals surface area (Å²) in [5, 5.41) is 18.0. The lowest BCUT2D eigenvalue weighted by atomic mass is 10.1. The molecule has 1 atom stereocenters. The standard InChI is InChI=1S/C18H23Cl2N7O/c1-27-6-5-11(10-27)8-22-16-15(28-2)9-23-18(25-16)26-17(21)24-12-3-4-13(19)14(20)7-12/h3-4,7,9,11H,5-6,8,10H2,1-2H3,(H4,21,22,23,24,25,26). The van der Waals surface area contributed by atoms with Gasteiger partial charge in [-0.3, -0.25) is 10.7 Å². The zero-order chi connectivity index (χ0) is 20.1. The van der Waals surface area contributed by atoms with E-state index in [2.05, 4.69) is 37.9 Å². The predicted molar refractivity (Wildman–Crippen MR) is 114 cm³/mol. The van der Waals surface area contributed by atoms with Gasteiger partial charge in [0.25, 0.3) is 0 Å². The summed E-state index contributed by atoms with van der Waals surface area (Å²) in [5.41, 5.74) is 0.629. The zero-order valence-corrected chi connectivity index (χ0v) is 17.2. The highest BCUT2D eigenvalue weighted by molar-refractivity contribution is 6.42. The Hall–Kier alpha value is -2.29. The van der Waals surface area contributed by atoms with E-state index in [1.54, 1.807) is 31.5 Å². The Morgan fingerprint density at radius 3 is 2.82 bits per heavy atom. The van der Waals surface area contributed by atoms with Crippen molar-refractivity contribution in [2.75, 3.05) is 49.7 Å². The van der Waals surface area contributed by atoms with Gasteiger partial charge in [0.15, 0.2) is 17.5 Å². The van der Waals surface area contributed by atoms with Crippen molar-refractivity contribution in [1.29, 1.82) is 5.41 Å². The van der Waals surface area contributed by atoms with Crippen molar-refractivity contribution in [2.45, 2.75) is 6.42 Å². The molecule has 1 aliphatic rings. The van der Waals surface area contributed by atoms with Gasteiger partial charge in [-0.1, -0.05) is 23.2 Å². The molecular formula is C18H23Cl2N7O. The summed E-state index contributed by atoms with van der Waals surface area (Å²) in [6, 6.07) is 5.03. The van der Waals surface area contributed by atoms with Gasteiger partial charge in [0, 0.05) is 18.8 Å². The SMILES string of the molecule is COc1cnc(NC(=N)Nc2ccc(Cl)c(Cl)c2)nc1NCC1CCN(C)C1. The normalized spacial score (nSPS) is 16.6. The summed E-state index contributed by atoms with van der Waals surface area (Å²) >= 11 is 11.9. The van der Waals surface area contributed by atoms with Crippen LogP contribution in [0.1, 0.15) is 6.42 Å². The Bertz CT molecular complexity index is 849. The summed E-state index contributed by atoms with van der Waals surface area (Å²) < 4.78 is 5.34. The second kappa shape index (κ2) is 9.27. The number of nitrogens with zero attached hydrogens (tertiary/aromatic N) is 3. The quantitative estimate of drug-likeness (QED) is 0.415. The van der Waals surface area contributed by atoms with E-state index in [4.69, 9.17) is 33.3 Å². The summed E-state index contributed by atoms with van der Waals surface area (Å²) in [5.74, 6) is 2.00. The van der Waals surface area contributed by atoms with E-state index in [0.29, 0.717) is 33.2 Å². The van der Waals surface area contributed by atoms with E-state index in [0.717, 1.165) is 26.1 Å². The van der Waals surface area contributed by atoms with Gasteiger partial charge in [0.2, 0.25) is 5.95 Å². The Balaban J connectivity index is 1.62. The lowest BCUT2D eigenvalue weighted by molar-refractivity contribution is 0.398. The van der Waals surface area contributed by atoms with Crippen LogP contribution in [-0.2, 0) is 0 Å². The van der Waals surface area contributed by atoms with Crippen LogP contribution >= 0.6 is 23.2 Å². The summed E-state index contributed by atoms with van der Waals surface area (Å²) in [6.45, 7) is 2.97. The number of hydrogen-bond donors (Lipinski definition) is 4. The number of methoxy groups -OCH3 is 1. The first-order valence-electron chi connectivity index (χ1n) is 8.85. The van der Waals surface area contributed by atoms with Crippen molar-refractivity contribution in [3.05, 3.63) is 34.4 Å². The highest BCUT2D eigenvalue weighted by atomic mass is 35.5. The van der Waals surface area contributed by atoms with Crippen molar-refractivity contribution in [2.24, 2.45) is 5.92 Å². The summed E-state index contributed by atoms with van der Waals surface area (Å²) in [6.07, 6.45) is 2.73. The van der Waals surface area contributed by atoms with Crippen molar-refractivity contribution in [3.63, 3.8) is 0 Å². The molecule has 0 bridgehead atoms. The number of aromatic nitrogens is 2. The van der Waals surface area contributed by atoms with Gasteiger partial charge in [-0.05, 0) is 44.1 Å². The topological polar surface area (TPSA) is 98.2 Å². The first-order chi connectivity index (χ1) is 13.4. The fourth-order valence-electron chi connectivity index (χ4n) is 3.00. The zero-order valence-electron chi connectivity index (χ0n) is 15.7. The molecule has 4 N–H and O–H groups in total. The molecule has 150 valence electrons. The maximum absolute atomic E-state index is 8.08. The van der Waals surface area contributed by atoms with Gasteiger partial charge in [-0.15, -0.1) is 0 Å². The number of anilines is 3. The van der Waals surface area contributed by atoms with Crippen molar-refractivity contribution >= 4 is 46.6 Å². The van der Waals surface area contributed by atoms with Crippen molar-refractivity contribution < 1.29 is 4.74 Å². The average molecular weight is 424 g/mol. The monoisotopic (exact) mass is 423 g/mol. The number of nitrogens with one attached hydrogen (secondary N) is 4.